The molecule has 0 aromatic rings. The summed E-state index contributed by atoms with van der Waals surface area (Å²) in [4.78, 5) is 22.3. The van der Waals surface area contributed by atoms with Crippen LogP contribution in [0.15, 0.2) is 0 Å². The molecule has 1 aliphatic carbocycles. The van der Waals surface area contributed by atoms with E-state index < -0.39 is 11.4 Å². The Labute approximate surface area is 90.0 Å². The number of rotatable bonds is 5. The molecule has 4 nitrogen and oxygen atoms in total. The maximum atomic E-state index is 11.5. The van der Waals surface area contributed by atoms with Crippen molar-refractivity contribution in [2.75, 3.05) is 6.54 Å². The fraction of sp³-hybridized carbons (Fsp3) is 0.818. The fourth-order valence-electron chi connectivity index (χ4n) is 1.24. The van der Waals surface area contributed by atoms with Crippen LogP contribution in [0.3, 0.4) is 0 Å². The Kier molecular flexibility index (Phi) is 3.07. The normalized spacial score (nSPS) is 18.3. The largest absolute Gasteiger partial charge is 0.481 e. The molecule has 0 atom stereocenters. The molecule has 1 fully saturated rings. The van der Waals surface area contributed by atoms with Crippen LogP contribution in [0.4, 0.5) is 0 Å². The summed E-state index contributed by atoms with van der Waals surface area (Å²) in [5.41, 5.74) is -0.711. The van der Waals surface area contributed by atoms with E-state index in [0.717, 1.165) is 12.8 Å². The molecule has 86 valence electrons. The van der Waals surface area contributed by atoms with Gasteiger partial charge in [0.25, 0.3) is 0 Å². The van der Waals surface area contributed by atoms with Gasteiger partial charge in [-0.15, -0.1) is 0 Å². The molecule has 0 saturated heterocycles. The highest BCUT2D eigenvalue weighted by atomic mass is 16.4. The Morgan fingerprint density at radius 1 is 1.40 bits per heavy atom. The number of amides is 1. The molecule has 4 heteroatoms. The minimum absolute atomic E-state index is 0.0401. The highest BCUT2D eigenvalue weighted by molar-refractivity contribution is 5.84. The van der Waals surface area contributed by atoms with Gasteiger partial charge in [0.1, 0.15) is 0 Å². The average Bonchev–Trinajstić information content (AvgIpc) is 2.80. The van der Waals surface area contributed by atoms with E-state index in [0.29, 0.717) is 6.54 Å². The molecule has 0 aliphatic heterocycles. The van der Waals surface area contributed by atoms with Crippen LogP contribution in [0, 0.1) is 10.8 Å². The van der Waals surface area contributed by atoms with E-state index in [2.05, 4.69) is 12.2 Å². The third-order valence-corrected chi connectivity index (χ3v) is 3.00. The molecule has 0 heterocycles. The van der Waals surface area contributed by atoms with Crippen molar-refractivity contribution >= 4 is 11.9 Å². The molecule has 1 amide bonds. The lowest BCUT2D eigenvalue weighted by molar-refractivity contribution is -0.149. The molecule has 15 heavy (non-hydrogen) atoms. The van der Waals surface area contributed by atoms with Crippen LogP contribution in [-0.2, 0) is 9.59 Å². The Balaban J connectivity index is 2.32. The standard InChI is InChI=1S/C11H19NO3/c1-10(2,9(14)15)6-8(13)12-7-11(3)4-5-11/h4-7H2,1-3H3,(H,12,13)(H,14,15). The molecule has 2 N–H and O–H groups in total. The predicted octanol–water partition coefficient (Wildman–Crippen LogP) is 1.40. The van der Waals surface area contributed by atoms with Crippen molar-refractivity contribution in [3.63, 3.8) is 0 Å². The van der Waals surface area contributed by atoms with Crippen molar-refractivity contribution in [2.24, 2.45) is 10.8 Å². The second-order valence-corrected chi connectivity index (χ2v) is 5.45. The zero-order chi connectivity index (χ0) is 11.7. The maximum absolute atomic E-state index is 11.5. The first kappa shape index (κ1) is 12.0. The molecular formula is C11H19NO3. The van der Waals surface area contributed by atoms with E-state index in [1.165, 1.54) is 0 Å². The number of carbonyl (C=O) groups is 2. The molecular weight excluding hydrogens is 194 g/mol. The van der Waals surface area contributed by atoms with Crippen molar-refractivity contribution in [2.45, 2.75) is 40.0 Å². The van der Waals surface area contributed by atoms with Crippen LogP contribution in [0.2, 0.25) is 0 Å². The maximum Gasteiger partial charge on any atom is 0.309 e. The number of hydrogen-bond donors (Lipinski definition) is 2. The van der Waals surface area contributed by atoms with Crippen molar-refractivity contribution in [3.8, 4) is 0 Å². The third-order valence-electron chi connectivity index (χ3n) is 3.00. The van der Waals surface area contributed by atoms with Crippen LogP contribution >= 0.6 is 0 Å². The number of carboxylic acids is 1. The molecule has 0 spiro atoms. The van der Waals surface area contributed by atoms with Gasteiger partial charge in [-0.05, 0) is 32.1 Å². The van der Waals surface area contributed by atoms with Gasteiger partial charge in [-0.25, -0.2) is 0 Å². The van der Waals surface area contributed by atoms with Gasteiger partial charge in [0.2, 0.25) is 5.91 Å². The molecule has 1 aliphatic rings. The Hall–Kier alpha value is -1.06. The topological polar surface area (TPSA) is 66.4 Å². The first-order chi connectivity index (χ1) is 6.75. The van der Waals surface area contributed by atoms with Gasteiger partial charge in [0.15, 0.2) is 0 Å². The zero-order valence-corrected chi connectivity index (χ0v) is 9.59. The van der Waals surface area contributed by atoms with E-state index in [9.17, 15) is 9.59 Å². The van der Waals surface area contributed by atoms with Crippen LogP contribution in [-0.4, -0.2) is 23.5 Å². The number of aliphatic carboxylic acids is 1. The van der Waals surface area contributed by atoms with Gasteiger partial charge in [-0.2, -0.15) is 0 Å². The van der Waals surface area contributed by atoms with E-state index in [-0.39, 0.29) is 17.7 Å². The smallest absolute Gasteiger partial charge is 0.309 e. The Morgan fingerprint density at radius 2 is 1.93 bits per heavy atom. The van der Waals surface area contributed by atoms with Crippen molar-refractivity contribution in [1.29, 1.82) is 0 Å². The first-order valence-corrected chi connectivity index (χ1v) is 5.25. The second kappa shape index (κ2) is 3.83. The molecule has 0 unspecified atom stereocenters. The predicted molar refractivity (Wildman–Crippen MR) is 56.4 cm³/mol. The number of hydrogen-bond acceptors (Lipinski definition) is 2. The Bertz CT molecular complexity index is 280. The van der Waals surface area contributed by atoms with E-state index >= 15 is 0 Å². The second-order valence-electron chi connectivity index (χ2n) is 5.45. The quantitative estimate of drug-likeness (QED) is 0.725. The van der Waals surface area contributed by atoms with Gasteiger partial charge >= 0.3 is 5.97 Å². The molecule has 0 bridgehead atoms. The highest BCUT2D eigenvalue weighted by Crippen LogP contribution is 2.44. The van der Waals surface area contributed by atoms with Crippen LogP contribution in [0.25, 0.3) is 0 Å². The lowest BCUT2D eigenvalue weighted by atomic mass is 9.89. The summed E-state index contributed by atoms with van der Waals surface area (Å²) in [6, 6.07) is 0. The number of carbonyl (C=O) groups excluding carboxylic acids is 1. The van der Waals surface area contributed by atoms with Crippen LogP contribution in [0.1, 0.15) is 40.0 Å². The average molecular weight is 213 g/mol. The van der Waals surface area contributed by atoms with Crippen molar-refractivity contribution in [3.05, 3.63) is 0 Å². The summed E-state index contributed by atoms with van der Waals surface area (Å²) in [5.74, 6) is -1.11. The van der Waals surface area contributed by atoms with E-state index in [1.54, 1.807) is 13.8 Å². The van der Waals surface area contributed by atoms with Crippen LogP contribution < -0.4 is 5.32 Å². The lowest BCUT2D eigenvalue weighted by Gasteiger charge is -2.19. The molecule has 0 aromatic heterocycles. The first-order valence-electron chi connectivity index (χ1n) is 5.25. The molecule has 0 aromatic carbocycles. The van der Waals surface area contributed by atoms with Gasteiger partial charge in [-0.3, -0.25) is 9.59 Å². The Morgan fingerprint density at radius 3 is 2.33 bits per heavy atom. The summed E-state index contributed by atoms with van der Waals surface area (Å²) < 4.78 is 0. The van der Waals surface area contributed by atoms with E-state index in [4.69, 9.17) is 5.11 Å². The summed E-state index contributed by atoms with van der Waals surface area (Å²) >= 11 is 0. The summed E-state index contributed by atoms with van der Waals surface area (Å²) in [7, 11) is 0. The van der Waals surface area contributed by atoms with Gasteiger partial charge in [0.05, 0.1) is 5.41 Å². The minimum Gasteiger partial charge on any atom is -0.481 e. The summed E-state index contributed by atoms with van der Waals surface area (Å²) in [5, 5.41) is 11.6. The fourth-order valence-corrected chi connectivity index (χ4v) is 1.24. The summed E-state index contributed by atoms with van der Waals surface area (Å²) in [6.07, 6.45) is 2.34. The van der Waals surface area contributed by atoms with E-state index in [1.807, 2.05) is 0 Å². The molecule has 1 rings (SSSR count). The van der Waals surface area contributed by atoms with Gasteiger partial charge in [-0.1, -0.05) is 6.92 Å². The van der Waals surface area contributed by atoms with Crippen LogP contribution in [0.5, 0.6) is 0 Å². The van der Waals surface area contributed by atoms with Gasteiger partial charge in [0, 0.05) is 13.0 Å². The number of carboxylic acid groups (broad SMARTS) is 1. The van der Waals surface area contributed by atoms with Crippen molar-refractivity contribution in [1.82, 2.24) is 5.32 Å². The number of nitrogens with one attached hydrogen (secondary N) is 1. The SMILES string of the molecule is CC1(CNC(=O)CC(C)(C)C(=O)O)CC1. The monoisotopic (exact) mass is 213 g/mol. The van der Waals surface area contributed by atoms with Crippen molar-refractivity contribution < 1.29 is 14.7 Å². The summed E-state index contributed by atoms with van der Waals surface area (Å²) in [6.45, 7) is 5.92. The lowest BCUT2D eigenvalue weighted by Crippen LogP contribution is -2.35. The minimum atomic E-state index is -0.978. The zero-order valence-electron chi connectivity index (χ0n) is 9.59. The third kappa shape index (κ3) is 3.53. The molecule has 0 radical (unpaired) electrons. The molecule has 1 saturated carbocycles. The van der Waals surface area contributed by atoms with Gasteiger partial charge < -0.3 is 10.4 Å². The highest BCUT2D eigenvalue weighted by Gasteiger charge is 2.38.